The first-order valence-electron chi connectivity index (χ1n) is 14.9. The molecule has 2 unspecified atom stereocenters. The van der Waals surface area contributed by atoms with Gasteiger partial charge in [0.1, 0.15) is 11.3 Å². The molecule has 6 rings (SSSR count). The number of nitrogens with zero attached hydrogens (tertiary/aromatic N) is 3. The zero-order chi connectivity index (χ0) is 32.5. The zero-order valence-electron chi connectivity index (χ0n) is 26.0. The molecule has 1 aliphatic rings. The molecule has 0 bridgehead atoms. The second kappa shape index (κ2) is 12.8. The maximum atomic E-state index is 13.6. The molecule has 0 radical (unpaired) electrons. The van der Waals surface area contributed by atoms with Crippen molar-refractivity contribution < 1.29 is 33.2 Å². The van der Waals surface area contributed by atoms with Gasteiger partial charge in [-0.1, -0.05) is 17.7 Å². The van der Waals surface area contributed by atoms with Gasteiger partial charge in [-0.05, 0) is 92.1 Å². The Balaban J connectivity index is 1.14. The molecule has 46 heavy (non-hydrogen) atoms. The lowest BCUT2D eigenvalue weighted by Gasteiger charge is -2.25. The normalized spacial score (nSPS) is 15.5. The van der Waals surface area contributed by atoms with Gasteiger partial charge in [0, 0.05) is 45.9 Å². The molecule has 1 aliphatic heterocycles. The molecule has 0 saturated carbocycles. The highest BCUT2D eigenvalue weighted by atomic mass is 35.5. The third kappa shape index (κ3) is 5.74. The fourth-order valence-corrected chi connectivity index (χ4v) is 6.35. The number of hydrogen-bond donors (Lipinski definition) is 0. The minimum atomic E-state index is -0.681. The third-order valence-corrected chi connectivity index (χ3v) is 9.02. The highest BCUT2D eigenvalue weighted by Crippen LogP contribution is 2.45. The number of aromatic nitrogens is 2. The molecule has 1 amide bonds. The molecule has 0 fully saturated rings. The number of fused-ring (bicyclic) bond motifs is 4. The summed E-state index contributed by atoms with van der Waals surface area (Å²) >= 11 is 6.03. The van der Waals surface area contributed by atoms with E-state index in [0.717, 1.165) is 38.5 Å². The van der Waals surface area contributed by atoms with E-state index < -0.39 is 18.5 Å². The molecule has 234 valence electrons. The molecule has 3 heterocycles. The predicted octanol–water partition coefficient (Wildman–Crippen LogP) is 6.22. The number of amides is 1. The van der Waals surface area contributed by atoms with E-state index in [2.05, 4.69) is 18.8 Å². The number of carbonyl (C=O) groups is 3. The predicted molar refractivity (Wildman–Crippen MR) is 174 cm³/mol. The Morgan fingerprint density at radius 2 is 1.67 bits per heavy atom. The number of esters is 2. The van der Waals surface area contributed by atoms with E-state index in [1.807, 2.05) is 54.1 Å². The van der Waals surface area contributed by atoms with Crippen molar-refractivity contribution in [3.63, 3.8) is 0 Å². The Bertz CT molecular complexity index is 1990. The van der Waals surface area contributed by atoms with Crippen LogP contribution in [0.3, 0.4) is 0 Å². The summed E-state index contributed by atoms with van der Waals surface area (Å²) in [5, 5.41) is 2.57. The molecule has 3 aromatic carbocycles. The first kappa shape index (κ1) is 31.0. The summed E-state index contributed by atoms with van der Waals surface area (Å²) in [6.45, 7) is 5.40. The molecule has 0 spiro atoms. The molecule has 9 nitrogen and oxygen atoms in total. The average Bonchev–Trinajstić information content (AvgIpc) is 3.34. The van der Waals surface area contributed by atoms with Gasteiger partial charge in [-0.15, -0.1) is 0 Å². The maximum Gasteiger partial charge on any atom is 0.349 e. The summed E-state index contributed by atoms with van der Waals surface area (Å²) in [5.74, 6) is -1.26. The van der Waals surface area contributed by atoms with E-state index in [1.54, 1.807) is 48.5 Å². The van der Waals surface area contributed by atoms with Crippen LogP contribution in [0.4, 0.5) is 5.69 Å². The van der Waals surface area contributed by atoms with Gasteiger partial charge in [0.05, 0.1) is 18.9 Å². The van der Waals surface area contributed by atoms with Crippen molar-refractivity contribution in [2.45, 2.75) is 45.9 Å². The SMILES string of the molecule is COc1ccc2c(c1)C(CC(=O)OCC(=O)OC[n+]1cccc3c(C)c(C)c4cccnc4c31)C(C)N2C(=O)c1ccc(Cl)cc1. The van der Waals surface area contributed by atoms with Gasteiger partial charge in [0.2, 0.25) is 5.52 Å². The number of anilines is 1. The Hall–Kier alpha value is -5.02. The minimum absolute atomic E-state index is 0.0482. The lowest BCUT2D eigenvalue weighted by atomic mass is 9.92. The summed E-state index contributed by atoms with van der Waals surface area (Å²) in [6.07, 6.45) is 3.52. The van der Waals surface area contributed by atoms with E-state index >= 15 is 0 Å². The first-order chi connectivity index (χ1) is 22.2. The maximum absolute atomic E-state index is 13.6. The lowest BCUT2D eigenvalue weighted by Crippen LogP contribution is -2.38. The summed E-state index contributed by atoms with van der Waals surface area (Å²) in [7, 11) is 1.56. The number of carbonyl (C=O) groups excluding carboxylic acids is 3. The van der Waals surface area contributed by atoms with Crippen LogP contribution in [-0.2, 0) is 25.8 Å². The number of halogens is 1. The lowest BCUT2D eigenvalue weighted by molar-refractivity contribution is -0.703. The topological polar surface area (TPSA) is 98.9 Å². The van der Waals surface area contributed by atoms with E-state index in [0.29, 0.717) is 22.0 Å². The van der Waals surface area contributed by atoms with E-state index in [1.165, 1.54) is 0 Å². The smallest absolute Gasteiger partial charge is 0.349 e. The Labute approximate surface area is 271 Å². The number of methoxy groups -OCH3 is 1. The highest BCUT2D eigenvalue weighted by molar-refractivity contribution is 6.30. The highest BCUT2D eigenvalue weighted by Gasteiger charge is 2.41. The fourth-order valence-electron chi connectivity index (χ4n) is 6.23. The Kier molecular flexibility index (Phi) is 8.60. The first-order valence-corrected chi connectivity index (χ1v) is 15.3. The molecule has 2 aromatic heterocycles. The number of hydrogen-bond acceptors (Lipinski definition) is 7. The second-order valence-corrected chi connectivity index (χ2v) is 11.8. The number of aryl methyl sites for hydroxylation is 2. The van der Waals surface area contributed by atoms with Crippen LogP contribution in [-0.4, -0.2) is 42.6 Å². The van der Waals surface area contributed by atoms with Gasteiger partial charge in [0.15, 0.2) is 12.8 Å². The monoisotopic (exact) mass is 638 g/mol. The van der Waals surface area contributed by atoms with Crippen LogP contribution in [0.15, 0.2) is 79.1 Å². The van der Waals surface area contributed by atoms with Gasteiger partial charge >= 0.3 is 11.9 Å². The number of rotatable bonds is 8. The minimum Gasteiger partial charge on any atom is -0.497 e. The average molecular weight is 639 g/mol. The molecule has 10 heteroatoms. The number of benzene rings is 3. The zero-order valence-corrected chi connectivity index (χ0v) is 26.7. The number of pyridine rings is 2. The molecule has 2 atom stereocenters. The van der Waals surface area contributed by atoms with E-state index in [4.69, 9.17) is 25.8 Å². The summed E-state index contributed by atoms with van der Waals surface area (Å²) in [6, 6.07) is 19.6. The summed E-state index contributed by atoms with van der Waals surface area (Å²) < 4.78 is 18.2. The molecular weight excluding hydrogens is 606 g/mol. The van der Waals surface area contributed by atoms with Crippen molar-refractivity contribution in [3.8, 4) is 5.75 Å². The molecule has 0 saturated heterocycles. The molecular formula is C36H33ClN3O6+. The Morgan fingerprint density at radius 1 is 0.935 bits per heavy atom. The summed E-state index contributed by atoms with van der Waals surface area (Å²) in [4.78, 5) is 45.7. The van der Waals surface area contributed by atoms with Gasteiger partial charge in [0.25, 0.3) is 12.6 Å². The van der Waals surface area contributed by atoms with Crippen LogP contribution in [0.2, 0.25) is 5.02 Å². The van der Waals surface area contributed by atoms with E-state index in [9.17, 15) is 14.4 Å². The van der Waals surface area contributed by atoms with E-state index in [-0.39, 0.29) is 31.0 Å². The van der Waals surface area contributed by atoms with Gasteiger partial charge in [-0.25, -0.2) is 9.78 Å². The quantitative estimate of drug-likeness (QED) is 0.113. The van der Waals surface area contributed by atoms with Gasteiger partial charge in [-0.3, -0.25) is 9.59 Å². The van der Waals surface area contributed by atoms with Crippen molar-refractivity contribution in [2.75, 3.05) is 18.6 Å². The number of ether oxygens (including phenoxy) is 3. The van der Waals surface area contributed by atoms with Crippen LogP contribution < -0.4 is 14.2 Å². The van der Waals surface area contributed by atoms with Crippen LogP contribution in [0.25, 0.3) is 21.8 Å². The molecule has 0 aliphatic carbocycles. The van der Waals surface area contributed by atoms with Crippen molar-refractivity contribution in [1.82, 2.24) is 4.98 Å². The van der Waals surface area contributed by atoms with Crippen molar-refractivity contribution >= 4 is 56.9 Å². The largest absolute Gasteiger partial charge is 0.497 e. The van der Waals surface area contributed by atoms with Crippen molar-refractivity contribution in [1.29, 1.82) is 0 Å². The van der Waals surface area contributed by atoms with Crippen LogP contribution in [0.1, 0.15) is 46.3 Å². The van der Waals surface area contributed by atoms with Crippen molar-refractivity contribution in [2.24, 2.45) is 0 Å². The van der Waals surface area contributed by atoms with Crippen LogP contribution in [0, 0.1) is 13.8 Å². The molecule has 5 aromatic rings. The van der Waals surface area contributed by atoms with Gasteiger partial charge in [-0.2, -0.15) is 4.57 Å². The van der Waals surface area contributed by atoms with Crippen LogP contribution >= 0.6 is 11.6 Å². The van der Waals surface area contributed by atoms with Crippen LogP contribution in [0.5, 0.6) is 5.75 Å². The van der Waals surface area contributed by atoms with Crippen molar-refractivity contribution in [3.05, 3.63) is 106 Å². The molecule has 0 N–H and O–H groups in total. The Morgan fingerprint density at radius 3 is 2.43 bits per heavy atom. The second-order valence-electron chi connectivity index (χ2n) is 11.4. The fraction of sp³-hybridized carbons (Fsp3) is 0.250. The summed E-state index contributed by atoms with van der Waals surface area (Å²) in [5.41, 5.74) is 5.88. The standard InChI is InChI=1S/C36H33ClN3O6/c1-21-22(2)28-8-6-16-39(35(28)34-27(21)7-5-15-38-34)20-46-33(42)19-45-32(41)18-29-23(3)40(31-14-13-26(44-4)17-30(29)31)36(43)24-9-11-25(37)12-10-24/h5-17,23,29H,18-20H2,1-4H3/q+1. The third-order valence-electron chi connectivity index (χ3n) is 8.77. The van der Waals surface area contributed by atoms with Gasteiger partial charge < -0.3 is 19.1 Å².